The average Bonchev–Trinajstić information content (AvgIpc) is 3.13. The van der Waals surface area contributed by atoms with Gasteiger partial charge in [0.15, 0.2) is 0 Å². The molecule has 31 heavy (non-hydrogen) atoms. The van der Waals surface area contributed by atoms with Gasteiger partial charge >= 0.3 is 8.80 Å². The van der Waals surface area contributed by atoms with E-state index in [0.717, 1.165) is 36.1 Å². The Bertz CT molecular complexity index is 831. The summed E-state index contributed by atoms with van der Waals surface area (Å²) < 4.78 is 51.6. The fraction of sp³-hybridized carbons (Fsp3) is 0.550. The highest BCUT2D eigenvalue weighted by molar-refractivity contribution is 7.99. The van der Waals surface area contributed by atoms with Crippen LogP contribution in [0.4, 0.5) is 0 Å². The first-order chi connectivity index (χ1) is 14.2. The molecular weight excluding hydrogens is 456 g/mol. The molecule has 178 valence electrons. The molecule has 0 saturated heterocycles. The molecule has 1 aromatic heterocycles. The average molecular weight is 493 g/mol. The summed E-state index contributed by atoms with van der Waals surface area (Å²) in [5, 5.41) is 0. The van der Waals surface area contributed by atoms with Crippen molar-refractivity contribution in [1.29, 1.82) is 0 Å². The van der Waals surface area contributed by atoms with Crippen LogP contribution in [0.2, 0.25) is 6.04 Å². The predicted octanol–water partition coefficient (Wildman–Crippen LogP) is 2.85. The quantitative estimate of drug-likeness (QED) is 0.206. The maximum absolute atomic E-state index is 10.4. The zero-order valence-corrected chi connectivity index (χ0v) is 20.9. The first kappa shape index (κ1) is 29.8. The molecule has 0 atom stereocenters. The molecule has 1 heterocycles. The first-order valence-electron chi connectivity index (χ1n) is 9.42. The smallest absolute Gasteiger partial charge is 0.500 e. The van der Waals surface area contributed by atoms with Crippen molar-refractivity contribution in [3.63, 3.8) is 0 Å². The predicted molar refractivity (Wildman–Crippen MR) is 125 cm³/mol. The fourth-order valence-corrected chi connectivity index (χ4v) is 5.90. The molecule has 0 aliphatic carbocycles. The molecule has 0 N–H and O–H groups in total. The molecule has 2 rings (SSSR count). The molecule has 0 fully saturated rings. The Hall–Kier alpha value is -1.21. The van der Waals surface area contributed by atoms with E-state index in [1.807, 2.05) is 25.7 Å². The SMILES string of the molecule is C.CO[Si](CCCSCCn1cc[n+](C)c1)(OC)OC.Cc1ccc(S(=O)(=O)[O-])cc1. The topological polar surface area (TPSA) is 93.7 Å². The van der Waals surface area contributed by atoms with Gasteiger partial charge in [0.05, 0.1) is 18.5 Å². The van der Waals surface area contributed by atoms with Gasteiger partial charge in [-0.25, -0.2) is 17.6 Å². The molecule has 0 bridgehead atoms. The van der Waals surface area contributed by atoms with Crippen LogP contribution in [0.3, 0.4) is 0 Å². The number of nitrogens with zero attached hydrogens (tertiary/aromatic N) is 2. The van der Waals surface area contributed by atoms with Crippen LogP contribution in [-0.2, 0) is 37.0 Å². The van der Waals surface area contributed by atoms with Crippen molar-refractivity contribution in [2.45, 2.75) is 38.3 Å². The maximum Gasteiger partial charge on any atom is 0.500 e. The summed E-state index contributed by atoms with van der Waals surface area (Å²) in [6, 6.07) is 6.66. The van der Waals surface area contributed by atoms with E-state index in [0.29, 0.717) is 0 Å². The summed E-state index contributed by atoms with van der Waals surface area (Å²) in [7, 11) is 0.401. The van der Waals surface area contributed by atoms with Crippen LogP contribution in [0, 0.1) is 6.92 Å². The third kappa shape index (κ3) is 11.3. The molecule has 0 unspecified atom stereocenters. The molecule has 0 amide bonds. The summed E-state index contributed by atoms with van der Waals surface area (Å²) in [4.78, 5) is -0.178. The minimum Gasteiger partial charge on any atom is -0.744 e. The van der Waals surface area contributed by atoms with Crippen molar-refractivity contribution in [2.24, 2.45) is 7.05 Å². The van der Waals surface area contributed by atoms with Gasteiger partial charge in [-0.05, 0) is 31.2 Å². The van der Waals surface area contributed by atoms with Crippen molar-refractivity contribution in [3.8, 4) is 0 Å². The Balaban J connectivity index is 0.000000640. The van der Waals surface area contributed by atoms with Gasteiger partial charge in [0, 0.05) is 33.1 Å². The van der Waals surface area contributed by atoms with Crippen LogP contribution in [0.15, 0.2) is 47.9 Å². The van der Waals surface area contributed by atoms with E-state index in [1.165, 1.54) is 12.1 Å². The van der Waals surface area contributed by atoms with Crippen LogP contribution in [0.5, 0.6) is 0 Å². The standard InChI is InChI=1S/C12H25N2O3SSi.C7H8O3S.CH4/c1-13-6-7-14(12-13)8-10-18-9-5-11-19(15-2,16-3)17-4;1-6-2-4-7(5-3-6)11(8,9)10;/h6-7,12H,5,8-11H2,1-4H3;2-5H,1H3,(H,8,9,10);1H4/q+1;;/p-1. The van der Waals surface area contributed by atoms with Crippen molar-refractivity contribution in [3.05, 3.63) is 48.5 Å². The van der Waals surface area contributed by atoms with E-state index in [1.54, 1.807) is 33.5 Å². The Morgan fingerprint density at radius 3 is 2.13 bits per heavy atom. The third-order valence-electron chi connectivity index (χ3n) is 4.33. The molecule has 11 heteroatoms. The Morgan fingerprint density at radius 1 is 1.10 bits per heavy atom. The lowest BCUT2D eigenvalue weighted by molar-refractivity contribution is -0.671. The second-order valence-corrected chi connectivity index (χ2v) is 12.3. The van der Waals surface area contributed by atoms with E-state index in [2.05, 4.69) is 27.9 Å². The van der Waals surface area contributed by atoms with E-state index >= 15 is 0 Å². The summed E-state index contributed by atoms with van der Waals surface area (Å²) in [6.45, 7) is 2.87. The normalized spacial score (nSPS) is 11.4. The molecule has 0 aliphatic heterocycles. The lowest BCUT2D eigenvalue weighted by atomic mass is 10.2. The van der Waals surface area contributed by atoms with Gasteiger partial charge in [0.25, 0.3) is 0 Å². The largest absolute Gasteiger partial charge is 0.744 e. The number of hydrogen-bond donors (Lipinski definition) is 0. The highest BCUT2D eigenvalue weighted by atomic mass is 32.2. The number of rotatable bonds is 11. The Kier molecular flexibility index (Phi) is 14.2. The summed E-state index contributed by atoms with van der Waals surface area (Å²) in [6.07, 6.45) is 7.31. The summed E-state index contributed by atoms with van der Waals surface area (Å²) in [5.41, 5.74) is 0.928. The molecule has 0 saturated carbocycles. The molecule has 0 radical (unpaired) electrons. The highest BCUT2D eigenvalue weighted by Crippen LogP contribution is 2.17. The first-order valence-corrected chi connectivity index (χ1v) is 13.9. The lowest BCUT2D eigenvalue weighted by Gasteiger charge is -2.24. The van der Waals surface area contributed by atoms with Crippen molar-refractivity contribution >= 4 is 30.7 Å². The van der Waals surface area contributed by atoms with E-state index in [4.69, 9.17) is 13.3 Å². The van der Waals surface area contributed by atoms with Gasteiger partial charge in [0.1, 0.15) is 22.5 Å². The van der Waals surface area contributed by atoms with Crippen molar-refractivity contribution in [1.82, 2.24) is 4.57 Å². The molecule has 8 nitrogen and oxygen atoms in total. The number of hydrogen-bond acceptors (Lipinski definition) is 7. The van der Waals surface area contributed by atoms with Gasteiger partial charge in [0.2, 0.25) is 6.33 Å². The van der Waals surface area contributed by atoms with E-state index < -0.39 is 18.9 Å². The zero-order valence-electron chi connectivity index (χ0n) is 18.2. The second-order valence-electron chi connectivity index (χ2n) is 6.60. The minimum absolute atomic E-state index is 0. The number of aryl methyl sites for hydroxylation is 3. The molecule has 0 spiro atoms. The molecule has 0 aliphatic rings. The number of thioether (sulfide) groups is 1. The van der Waals surface area contributed by atoms with Gasteiger partial charge in [-0.1, -0.05) is 25.1 Å². The Labute approximate surface area is 192 Å². The lowest BCUT2D eigenvalue weighted by Crippen LogP contribution is -2.42. The Morgan fingerprint density at radius 2 is 1.68 bits per heavy atom. The molecule has 2 aromatic rings. The van der Waals surface area contributed by atoms with Crippen molar-refractivity contribution in [2.75, 3.05) is 32.8 Å². The van der Waals surface area contributed by atoms with Gasteiger partial charge in [-0.15, -0.1) is 0 Å². The van der Waals surface area contributed by atoms with Gasteiger partial charge in [-0.2, -0.15) is 11.8 Å². The van der Waals surface area contributed by atoms with Crippen LogP contribution < -0.4 is 4.57 Å². The maximum atomic E-state index is 10.4. The van der Waals surface area contributed by atoms with Crippen molar-refractivity contribution < 1.29 is 30.8 Å². The highest BCUT2D eigenvalue weighted by Gasteiger charge is 2.36. The van der Waals surface area contributed by atoms with Gasteiger partial charge < -0.3 is 17.8 Å². The van der Waals surface area contributed by atoms with Crippen LogP contribution in [0.1, 0.15) is 19.4 Å². The third-order valence-corrected chi connectivity index (χ3v) is 9.06. The number of imidazole rings is 1. The van der Waals surface area contributed by atoms with Crippen LogP contribution in [-0.4, -0.2) is 59.2 Å². The summed E-state index contributed by atoms with van der Waals surface area (Å²) in [5.74, 6) is 2.23. The number of aromatic nitrogens is 2. The number of benzene rings is 1. The molecule has 1 aromatic carbocycles. The van der Waals surface area contributed by atoms with Gasteiger partial charge in [-0.3, -0.25) is 0 Å². The summed E-state index contributed by atoms with van der Waals surface area (Å²) >= 11 is 1.95. The van der Waals surface area contributed by atoms with E-state index in [9.17, 15) is 13.0 Å². The fourth-order valence-electron chi connectivity index (χ4n) is 2.56. The molecular formula is C20H36N2O6S2Si. The van der Waals surface area contributed by atoms with Crippen LogP contribution >= 0.6 is 11.8 Å². The monoisotopic (exact) mass is 492 g/mol. The zero-order chi connectivity index (χ0) is 22.6. The van der Waals surface area contributed by atoms with E-state index in [-0.39, 0.29) is 12.3 Å². The minimum atomic E-state index is -4.27. The second kappa shape index (κ2) is 14.8. The van der Waals surface area contributed by atoms with Crippen LogP contribution in [0.25, 0.3) is 0 Å².